The van der Waals surface area contributed by atoms with Gasteiger partial charge in [-0.25, -0.2) is 0 Å². The molecule has 2 heteroatoms. The summed E-state index contributed by atoms with van der Waals surface area (Å²) >= 11 is 5.37. The van der Waals surface area contributed by atoms with Gasteiger partial charge in [0.1, 0.15) is 5.78 Å². The van der Waals surface area contributed by atoms with E-state index in [1.807, 2.05) is 0 Å². The Morgan fingerprint density at radius 2 is 2.30 bits per heavy atom. The van der Waals surface area contributed by atoms with Crippen LogP contribution in [0.15, 0.2) is 0 Å². The minimum atomic E-state index is 0.184. The van der Waals surface area contributed by atoms with Crippen LogP contribution in [0.1, 0.15) is 32.6 Å². The van der Waals surface area contributed by atoms with E-state index in [0.29, 0.717) is 12.3 Å². The van der Waals surface area contributed by atoms with E-state index in [0.717, 1.165) is 19.3 Å². The monoisotopic (exact) mass is 161 g/mol. The Morgan fingerprint density at radius 1 is 1.60 bits per heavy atom. The number of halogens is 1. The Morgan fingerprint density at radius 3 is 2.80 bits per heavy atom. The van der Waals surface area contributed by atoms with E-state index in [2.05, 4.69) is 6.92 Å². The predicted molar refractivity (Wildman–Crippen MR) is 44.2 cm³/mol. The number of rotatable bonds is 6. The third-order valence-corrected chi connectivity index (χ3v) is 1.46. The molecule has 0 bridgehead atoms. The summed E-state index contributed by atoms with van der Waals surface area (Å²) in [5, 5.41) is 0. The molecule has 0 saturated heterocycles. The molecule has 0 saturated carbocycles. The van der Waals surface area contributed by atoms with Gasteiger partial charge >= 0.3 is 0 Å². The van der Waals surface area contributed by atoms with Crippen LogP contribution in [0, 0.1) is 6.42 Å². The van der Waals surface area contributed by atoms with Crippen molar-refractivity contribution in [2.75, 3.05) is 5.88 Å². The maximum Gasteiger partial charge on any atom is 0.137 e. The smallest absolute Gasteiger partial charge is 0.137 e. The summed E-state index contributed by atoms with van der Waals surface area (Å²) in [6.45, 7) is 2.11. The fourth-order valence-corrected chi connectivity index (χ4v) is 0.849. The molecule has 0 heterocycles. The van der Waals surface area contributed by atoms with E-state index in [-0.39, 0.29) is 5.78 Å². The van der Waals surface area contributed by atoms with Gasteiger partial charge in [-0.2, -0.15) is 0 Å². The van der Waals surface area contributed by atoms with Crippen molar-refractivity contribution in [1.82, 2.24) is 0 Å². The van der Waals surface area contributed by atoms with Gasteiger partial charge in [-0.05, 0) is 6.42 Å². The lowest BCUT2D eigenvalue weighted by Crippen LogP contribution is -1.98. The zero-order valence-corrected chi connectivity index (χ0v) is 7.16. The maximum atomic E-state index is 10.8. The summed E-state index contributed by atoms with van der Waals surface area (Å²) in [7, 11) is 0. The standard InChI is InChI=1S/C8H14ClO/c1-2-3-4-5-8(10)6-7-9/h5H,2-4,6-7H2,1H3. The third-order valence-electron chi connectivity index (χ3n) is 1.27. The zero-order valence-electron chi connectivity index (χ0n) is 6.40. The fraction of sp³-hybridized carbons (Fsp3) is 0.750. The molecular weight excluding hydrogens is 148 g/mol. The van der Waals surface area contributed by atoms with E-state index in [4.69, 9.17) is 11.6 Å². The maximum absolute atomic E-state index is 10.8. The van der Waals surface area contributed by atoms with Crippen molar-refractivity contribution in [3.63, 3.8) is 0 Å². The number of alkyl halides is 1. The lowest BCUT2D eigenvalue weighted by molar-refractivity contribution is -0.115. The molecule has 0 aliphatic carbocycles. The first-order valence-electron chi connectivity index (χ1n) is 3.73. The average molecular weight is 162 g/mol. The Hall–Kier alpha value is -0.0400. The third kappa shape index (κ3) is 6.09. The summed E-state index contributed by atoms with van der Waals surface area (Å²) in [6, 6.07) is 0. The van der Waals surface area contributed by atoms with Gasteiger partial charge in [0.2, 0.25) is 0 Å². The van der Waals surface area contributed by atoms with Gasteiger partial charge in [-0.3, -0.25) is 4.79 Å². The van der Waals surface area contributed by atoms with Crippen molar-refractivity contribution < 1.29 is 4.79 Å². The summed E-state index contributed by atoms with van der Waals surface area (Å²) in [5.41, 5.74) is 0. The molecule has 0 fully saturated rings. The summed E-state index contributed by atoms with van der Waals surface area (Å²) in [5.74, 6) is 0.630. The first kappa shape index (κ1) is 9.96. The molecule has 1 radical (unpaired) electrons. The van der Waals surface area contributed by atoms with E-state index in [1.54, 1.807) is 6.42 Å². The van der Waals surface area contributed by atoms with Crippen LogP contribution in [0.25, 0.3) is 0 Å². The molecule has 0 aliphatic rings. The van der Waals surface area contributed by atoms with Gasteiger partial charge in [0, 0.05) is 18.7 Å². The highest BCUT2D eigenvalue weighted by molar-refractivity contribution is 6.19. The quantitative estimate of drug-likeness (QED) is 0.432. The second-order valence-corrected chi connectivity index (χ2v) is 2.63. The molecule has 0 aliphatic heterocycles. The number of Topliss-reactive ketones (excluding diaryl/α,β-unsaturated/α-hetero) is 1. The Bertz CT molecular complexity index is 91.3. The molecule has 0 aromatic heterocycles. The molecule has 0 aromatic carbocycles. The molecule has 59 valence electrons. The number of hydrogen-bond donors (Lipinski definition) is 0. The Labute approximate surface area is 67.8 Å². The minimum absolute atomic E-state index is 0.184. The highest BCUT2D eigenvalue weighted by Gasteiger charge is 1.99. The van der Waals surface area contributed by atoms with Gasteiger partial charge in [-0.15, -0.1) is 11.6 Å². The van der Waals surface area contributed by atoms with Gasteiger partial charge in [-0.1, -0.05) is 19.8 Å². The Kier molecular flexibility index (Phi) is 7.04. The summed E-state index contributed by atoms with van der Waals surface area (Å²) < 4.78 is 0. The topological polar surface area (TPSA) is 17.1 Å². The van der Waals surface area contributed by atoms with E-state index in [1.165, 1.54) is 0 Å². The van der Waals surface area contributed by atoms with Crippen LogP contribution in [0.5, 0.6) is 0 Å². The number of unbranched alkanes of at least 4 members (excludes halogenated alkanes) is 2. The van der Waals surface area contributed by atoms with Gasteiger partial charge < -0.3 is 0 Å². The minimum Gasteiger partial charge on any atom is -0.299 e. The van der Waals surface area contributed by atoms with Crippen LogP contribution in [-0.2, 0) is 4.79 Å². The van der Waals surface area contributed by atoms with Crippen LogP contribution in [0.4, 0.5) is 0 Å². The summed E-state index contributed by atoms with van der Waals surface area (Å²) in [6.07, 6.45) is 5.39. The second kappa shape index (κ2) is 7.07. The van der Waals surface area contributed by atoms with Gasteiger partial charge in [0.05, 0.1) is 0 Å². The fourth-order valence-electron chi connectivity index (χ4n) is 0.662. The molecule has 0 aromatic rings. The van der Waals surface area contributed by atoms with Crippen molar-refractivity contribution in [2.45, 2.75) is 32.6 Å². The van der Waals surface area contributed by atoms with Crippen molar-refractivity contribution in [3.8, 4) is 0 Å². The average Bonchev–Trinajstić information content (AvgIpc) is 1.89. The normalized spacial score (nSPS) is 9.80. The first-order valence-corrected chi connectivity index (χ1v) is 4.26. The lowest BCUT2D eigenvalue weighted by atomic mass is 10.1. The van der Waals surface area contributed by atoms with Crippen molar-refractivity contribution in [3.05, 3.63) is 6.42 Å². The second-order valence-electron chi connectivity index (χ2n) is 2.25. The molecule has 0 amide bonds. The highest BCUT2D eigenvalue weighted by Crippen LogP contribution is 2.00. The first-order chi connectivity index (χ1) is 4.81. The number of carbonyl (C=O) groups excluding carboxylic acids is 1. The van der Waals surface area contributed by atoms with Crippen LogP contribution in [-0.4, -0.2) is 11.7 Å². The van der Waals surface area contributed by atoms with Gasteiger partial charge in [0.25, 0.3) is 0 Å². The number of carbonyl (C=O) groups is 1. The molecule has 1 nitrogen and oxygen atoms in total. The number of ketones is 1. The summed E-state index contributed by atoms with van der Waals surface area (Å²) in [4.78, 5) is 10.8. The van der Waals surface area contributed by atoms with Gasteiger partial charge in [0.15, 0.2) is 0 Å². The van der Waals surface area contributed by atoms with Crippen molar-refractivity contribution >= 4 is 17.4 Å². The molecule has 0 N–H and O–H groups in total. The molecule has 0 unspecified atom stereocenters. The zero-order chi connectivity index (χ0) is 7.82. The van der Waals surface area contributed by atoms with E-state index >= 15 is 0 Å². The number of hydrogen-bond acceptors (Lipinski definition) is 1. The largest absolute Gasteiger partial charge is 0.299 e. The van der Waals surface area contributed by atoms with Crippen LogP contribution < -0.4 is 0 Å². The van der Waals surface area contributed by atoms with Crippen LogP contribution in [0.3, 0.4) is 0 Å². The van der Waals surface area contributed by atoms with Crippen LogP contribution >= 0.6 is 11.6 Å². The molecule has 10 heavy (non-hydrogen) atoms. The van der Waals surface area contributed by atoms with Crippen molar-refractivity contribution in [2.24, 2.45) is 0 Å². The lowest BCUT2D eigenvalue weighted by Gasteiger charge is -1.95. The molecule has 0 atom stereocenters. The van der Waals surface area contributed by atoms with Crippen LogP contribution in [0.2, 0.25) is 0 Å². The molecular formula is C8H14ClO. The molecule has 0 rings (SSSR count). The SMILES string of the molecule is CCCC[CH]C(=O)CCCl. The Balaban J connectivity index is 3.05. The van der Waals surface area contributed by atoms with E-state index in [9.17, 15) is 4.79 Å². The predicted octanol–water partition coefficient (Wildman–Crippen LogP) is 2.58. The highest BCUT2D eigenvalue weighted by atomic mass is 35.5. The molecule has 0 spiro atoms. The van der Waals surface area contributed by atoms with Crippen molar-refractivity contribution in [1.29, 1.82) is 0 Å². The van der Waals surface area contributed by atoms with E-state index < -0.39 is 0 Å².